The Balaban J connectivity index is 1.65. The van der Waals surface area contributed by atoms with Gasteiger partial charge in [-0.3, -0.25) is 4.79 Å². The number of nitrogens with zero attached hydrogens (tertiary/aromatic N) is 1. The number of amides is 1. The van der Waals surface area contributed by atoms with Crippen LogP contribution in [0.4, 0.5) is 0 Å². The van der Waals surface area contributed by atoms with Gasteiger partial charge in [0.2, 0.25) is 0 Å². The third-order valence-corrected chi connectivity index (χ3v) is 4.90. The zero-order valence-corrected chi connectivity index (χ0v) is 18.4. The molecule has 8 heteroatoms. The van der Waals surface area contributed by atoms with Crippen molar-refractivity contribution in [2.24, 2.45) is 5.10 Å². The number of carbonyl (C=O) groups is 1. The molecule has 31 heavy (non-hydrogen) atoms. The average Bonchev–Trinajstić information content (AvgIpc) is 2.78. The number of rotatable bonds is 8. The maximum atomic E-state index is 12.3. The fraction of sp³-hybridized carbons (Fsp3) is 0.130. The molecular formula is C23H20Cl2N2O4. The molecule has 1 N–H and O–H groups in total. The summed E-state index contributed by atoms with van der Waals surface area (Å²) in [5.41, 5.74) is 4.40. The lowest BCUT2D eigenvalue weighted by Crippen LogP contribution is -2.18. The fourth-order valence-corrected chi connectivity index (χ4v) is 3.20. The molecule has 0 fully saturated rings. The molecule has 3 aromatic rings. The van der Waals surface area contributed by atoms with Crippen molar-refractivity contribution in [1.82, 2.24) is 5.43 Å². The van der Waals surface area contributed by atoms with Crippen LogP contribution in [0.15, 0.2) is 65.8 Å². The van der Waals surface area contributed by atoms with Gasteiger partial charge in [-0.1, -0.05) is 41.4 Å². The third-order valence-electron chi connectivity index (χ3n) is 4.32. The van der Waals surface area contributed by atoms with Gasteiger partial charge in [-0.2, -0.15) is 5.10 Å². The van der Waals surface area contributed by atoms with E-state index in [2.05, 4.69) is 10.5 Å². The van der Waals surface area contributed by atoms with Gasteiger partial charge < -0.3 is 14.2 Å². The van der Waals surface area contributed by atoms with Crippen LogP contribution < -0.4 is 19.6 Å². The van der Waals surface area contributed by atoms with E-state index in [9.17, 15) is 4.79 Å². The molecule has 160 valence electrons. The molecule has 1 amide bonds. The smallest absolute Gasteiger partial charge is 0.275 e. The molecule has 0 aliphatic carbocycles. The maximum Gasteiger partial charge on any atom is 0.275 e. The Morgan fingerprint density at radius 1 is 0.968 bits per heavy atom. The highest BCUT2D eigenvalue weighted by molar-refractivity contribution is 6.35. The van der Waals surface area contributed by atoms with Crippen LogP contribution in [0.25, 0.3) is 0 Å². The Hall–Kier alpha value is -3.22. The van der Waals surface area contributed by atoms with E-state index in [-0.39, 0.29) is 12.5 Å². The zero-order chi connectivity index (χ0) is 22.2. The van der Waals surface area contributed by atoms with Crippen LogP contribution in [-0.2, 0) is 6.61 Å². The third kappa shape index (κ3) is 5.90. The Morgan fingerprint density at radius 3 is 2.48 bits per heavy atom. The second-order valence-corrected chi connectivity index (χ2v) is 7.18. The first-order valence-electron chi connectivity index (χ1n) is 9.23. The number of hydrogen-bond acceptors (Lipinski definition) is 5. The summed E-state index contributed by atoms with van der Waals surface area (Å²) in [5, 5.41) is 5.10. The van der Waals surface area contributed by atoms with Crippen LogP contribution in [0, 0.1) is 0 Å². The Labute approximate surface area is 190 Å². The summed E-state index contributed by atoms with van der Waals surface area (Å²) in [7, 11) is 3.05. The predicted octanol–water partition coefficient (Wildman–Crippen LogP) is 5.35. The summed E-state index contributed by atoms with van der Waals surface area (Å²) >= 11 is 12.1. The molecule has 0 spiro atoms. The molecule has 0 radical (unpaired) electrons. The summed E-state index contributed by atoms with van der Waals surface area (Å²) in [5.74, 6) is 1.16. The van der Waals surface area contributed by atoms with Gasteiger partial charge in [0.05, 0.1) is 26.0 Å². The van der Waals surface area contributed by atoms with Crippen molar-refractivity contribution in [3.05, 3.63) is 87.4 Å². The van der Waals surface area contributed by atoms with Gasteiger partial charge in [-0.25, -0.2) is 5.43 Å². The number of nitrogens with one attached hydrogen (secondary N) is 1. The highest BCUT2D eigenvalue weighted by Crippen LogP contribution is 2.30. The van der Waals surface area contributed by atoms with Gasteiger partial charge in [-0.15, -0.1) is 0 Å². The molecule has 3 aromatic carbocycles. The lowest BCUT2D eigenvalue weighted by molar-refractivity contribution is 0.0952. The molecule has 0 unspecified atom stereocenters. The van der Waals surface area contributed by atoms with E-state index in [0.717, 1.165) is 5.56 Å². The van der Waals surface area contributed by atoms with Crippen LogP contribution in [0.3, 0.4) is 0 Å². The van der Waals surface area contributed by atoms with Gasteiger partial charge in [-0.05, 0) is 48.0 Å². The second-order valence-electron chi connectivity index (χ2n) is 6.33. The maximum absolute atomic E-state index is 12.3. The van der Waals surface area contributed by atoms with Crippen LogP contribution in [0.2, 0.25) is 10.0 Å². The van der Waals surface area contributed by atoms with Crippen molar-refractivity contribution in [3.63, 3.8) is 0 Å². The second kappa shape index (κ2) is 10.7. The number of para-hydroxylation sites is 1. The van der Waals surface area contributed by atoms with Gasteiger partial charge >= 0.3 is 0 Å². The molecule has 0 aliphatic rings. The SMILES string of the molecule is COc1cc(C=NNC(=O)c2ccccc2OC)ccc1OCc1ccc(Cl)cc1Cl. The van der Waals surface area contributed by atoms with E-state index in [1.165, 1.54) is 13.3 Å². The predicted molar refractivity (Wildman–Crippen MR) is 122 cm³/mol. The molecule has 0 aliphatic heterocycles. The van der Waals surface area contributed by atoms with E-state index >= 15 is 0 Å². The van der Waals surface area contributed by atoms with Crippen molar-refractivity contribution in [2.75, 3.05) is 14.2 Å². The summed E-state index contributed by atoms with van der Waals surface area (Å²) in [6.07, 6.45) is 1.51. The molecule has 0 atom stereocenters. The summed E-state index contributed by atoms with van der Waals surface area (Å²) in [6, 6.07) is 17.4. The standard InChI is InChI=1S/C23H20Cl2N2O4/c1-29-20-6-4-3-5-18(20)23(28)27-26-13-15-7-10-21(22(11-15)30-2)31-14-16-8-9-17(24)12-19(16)25/h3-13H,14H2,1-2H3,(H,27,28). The van der Waals surface area contributed by atoms with Crippen molar-refractivity contribution in [2.45, 2.75) is 6.61 Å². The van der Waals surface area contributed by atoms with Crippen LogP contribution in [-0.4, -0.2) is 26.3 Å². The largest absolute Gasteiger partial charge is 0.496 e. The quantitative estimate of drug-likeness (QED) is 0.364. The summed E-state index contributed by atoms with van der Waals surface area (Å²) in [6.45, 7) is 0.259. The highest BCUT2D eigenvalue weighted by atomic mass is 35.5. The van der Waals surface area contributed by atoms with Gasteiger partial charge in [0, 0.05) is 15.6 Å². The number of halogens is 2. The van der Waals surface area contributed by atoms with E-state index in [0.29, 0.717) is 38.4 Å². The van der Waals surface area contributed by atoms with E-state index in [1.807, 2.05) is 6.07 Å². The van der Waals surface area contributed by atoms with Gasteiger partial charge in [0.25, 0.3) is 5.91 Å². The minimum atomic E-state index is -0.375. The fourth-order valence-electron chi connectivity index (χ4n) is 2.74. The number of benzene rings is 3. The molecule has 0 saturated carbocycles. The number of hydrogen-bond donors (Lipinski definition) is 1. The molecule has 6 nitrogen and oxygen atoms in total. The lowest BCUT2D eigenvalue weighted by atomic mass is 10.2. The number of hydrazone groups is 1. The van der Waals surface area contributed by atoms with E-state index < -0.39 is 0 Å². The highest BCUT2D eigenvalue weighted by Gasteiger charge is 2.11. The summed E-state index contributed by atoms with van der Waals surface area (Å²) < 4.78 is 16.4. The Bertz CT molecular complexity index is 1100. The Kier molecular flexibility index (Phi) is 7.76. The molecule has 3 rings (SSSR count). The van der Waals surface area contributed by atoms with E-state index in [4.69, 9.17) is 37.4 Å². The Morgan fingerprint density at radius 2 is 1.74 bits per heavy atom. The monoisotopic (exact) mass is 458 g/mol. The normalized spacial score (nSPS) is 10.7. The first-order chi connectivity index (χ1) is 15.0. The van der Waals surface area contributed by atoms with E-state index in [1.54, 1.807) is 61.7 Å². The van der Waals surface area contributed by atoms with Crippen molar-refractivity contribution >= 4 is 35.3 Å². The molecular weight excluding hydrogens is 439 g/mol. The average molecular weight is 459 g/mol. The zero-order valence-electron chi connectivity index (χ0n) is 16.9. The van der Waals surface area contributed by atoms with Gasteiger partial charge in [0.1, 0.15) is 12.4 Å². The minimum absolute atomic E-state index is 0.259. The van der Waals surface area contributed by atoms with Crippen molar-refractivity contribution in [1.29, 1.82) is 0 Å². The van der Waals surface area contributed by atoms with Crippen molar-refractivity contribution in [3.8, 4) is 17.2 Å². The van der Waals surface area contributed by atoms with Crippen LogP contribution >= 0.6 is 23.2 Å². The molecule has 0 bridgehead atoms. The number of carbonyl (C=O) groups excluding carboxylic acids is 1. The number of methoxy groups -OCH3 is 2. The lowest BCUT2D eigenvalue weighted by Gasteiger charge is -2.12. The van der Waals surface area contributed by atoms with Crippen molar-refractivity contribution < 1.29 is 19.0 Å². The first-order valence-corrected chi connectivity index (χ1v) is 9.98. The minimum Gasteiger partial charge on any atom is -0.496 e. The summed E-state index contributed by atoms with van der Waals surface area (Å²) in [4.78, 5) is 12.3. The number of ether oxygens (including phenoxy) is 3. The molecule has 0 heterocycles. The van der Waals surface area contributed by atoms with Crippen LogP contribution in [0.5, 0.6) is 17.2 Å². The van der Waals surface area contributed by atoms with Gasteiger partial charge in [0.15, 0.2) is 11.5 Å². The molecule has 0 saturated heterocycles. The topological polar surface area (TPSA) is 69.2 Å². The van der Waals surface area contributed by atoms with Crippen LogP contribution in [0.1, 0.15) is 21.5 Å². The molecule has 0 aromatic heterocycles. The first kappa shape index (κ1) is 22.5.